The third-order valence-corrected chi connectivity index (χ3v) is 2.95. The predicted molar refractivity (Wildman–Crippen MR) is 56.3 cm³/mol. The molecule has 3 N–H and O–H groups in total. The SMILES string of the molecule is CCC(C)CC(NN)c1cscn1. The molecule has 0 bridgehead atoms. The lowest BCUT2D eigenvalue weighted by molar-refractivity contribution is 0.403. The van der Waals surface area contributed by atoms with Crippen LogP contribution in [0.15, 0.2) is 10.9 Å². The van der Waals surface area contributed by atoms with Gasteiger partial charge >= 0.3 is 0 Å². The van der Waals surface area contributed by atoms with Crippen LogP contribution in [0.5, 0.6) is 0 Å². The maximum Gasteiger partial charge on any atom is 0.0795 e. The summed E-state index contributed by atoms with van der Waals surface area (Å²) in [7, 11) is 0. The summed E-state index contributed by atoms with van der Waals surface area (Å²) in [6, 6.07) is 0.209. The zero-order valence-corrected chi connectivity index (χ0v) is 8.97. The molecule has 1 aromatic rings. The van der Waals surface area contributed by atoms with Crippen molar-refractivity contribution in [3.63, 3.8) is 0 Å². The highest BCUT2D eigenvalue weighted by molar-refractivity contribution is 7.07. The van der Waals surface area contributed by atoms with E-state index in [1.165, 1.54) is 6.42 Å². The van der Waals surface area contributed by atoms with Crippen molar-refractivity contribution >= 4 is 11.3 Å². The molecule has 0 fully saturated rings. The average Bonchev–Trinajstić information content (AvgIpc) is 2.66. The second-order valence-electron chi connectivity index (χ2n) is 3.38. The molecule has 13 heavy (non-hydrogen) atoms. The summed E-state index contributed by atoms with van der Waals surface area (Å²) in [6.07, 6.45) is 2.24. The lowest BCUT2D eigenvalue weighted by Crippen LogP contribution is -2.29. The molecule has 0 radical (unpaired) electrons. The molecular formula is C9H17N3S. The number of nitrogens with one attached hydrogen (secondary N) is 1. The Labute approximate surface area is 83.3 Å². The van der Waals surface area contributed by atoms with Crippen molar-refractivity contribution in [2.24, 2.45) is 11.8 Å². The number of hydrogen-bond donors (Lipinski definition) is 2. The van der Waals surface area contributed by atoms with Crippen LogP contribution >= 0.6 is 11.3 Å². The zero-order valence-electron chi connectivity index (χ0n) is 8.16. The summed E-state index contributed by atoms with van der Waals surface area (Å²) >= 11 is 1.61. The first kappa shape index (κ1) is 10.6. The van der Waals surface area contributed by atoms with Gasteiger partial charge in [-0.15, -0.1) is 11.3 Å². The van der Waals surface area contributed by atoms with Crippen molar-refractivity contribution in [3.05, 3.63) is 16.6 Å². The van der Waals surface area contributed by atoms with Crippen LogP contribution in [-0.2, 0) is 0 Å². The molecule has 0 aliphatic heterocycles. The number of thiazole rings is 1. The molecule has 0 aliphatic carbocycles. The molecule has 0 saturated heterocycles. The monoisotopic (exact) mass is 199 g/mol. The maximum absolute atomic E-state index is 5.48. The number of hydrogen-bond acceptors (Lipinski definition) is 4. The van der Waals surface area contributed by atoms with Gasteiger partial charge in [0.1, 0.15) is 0 Å². The molecule has 4 heteroatoms. The van der Waals surface area contributed by atoms with E-state index in [0.29, 0.717) is 5.92 Å². The normalized spacial score (nSPS) is 15.6. The van der Waals surface area contributed by atoms with Crippen LogP contribution in [-0.4, -0.2) is 4.98 Å². The van der Waals surface area contributed by atoms with Crippen molar-refractivity contribution in [2.45, 2.75) is 32.7 Å². The summed E-state index contributed by atoms with van der Waals surface area (Å²) in [4.78, 5) is 4.25. The lowest BCUT2D eigenvalue weighted by Gasteiger charge is -2.17. The quantitative estimate of drug-likeness (QED) is 0.564. The van der Waals surface area contributed by atoms with Gasteiger partial charge in [-0.25, -0.2) is 4.98 Å². The van der Waals surface area contributed by atoms with Crippen LogP contribution in [0.1, 0.15) is 38.4 Å². The standard InChI is InChI=1S/C9H17N3S/c1-3-7(2)4-8(12-10)9-5-13-6-11-9/h5-8,12H,3-4,10H2,1-2H3. The molecule has 0 amide bonds. The number of aromatic nitrogens is 1. The Kier molecular flexibility index (Phi) is 4.35. The molecule has 0 saturated carbocycles. The number of hydrazine groups is 1. The summed E-state index contributed by atoms with van der Waals surface area (Å²) < 4.78 is 0. The highest BCUT2D eigenvalue weighted by atomic mass is 32.1. The molecule has 2 atom stereocenters. The Morgan fingerprint density at radius 2 is 2.46 bits per heavy atom. The highest BCUT2D eigenvalue weighted by Gasteiger charge is 2.14. The molecule has 1 heterocycles. The maximum atomic E-state index is 5.48. The van der Waals surface area contributed by atoms with Gasteiger partial charge in [0.25, 0.3) is 0 Å². The molecule has 0 aromatic carbocycles. The number of rotatable bonds is 5. The van der Waals surface area contributed by atoms with E-state index >= 15 is 0 Å². The fourth-order valence-electron chi connectivity index (χ4n) is 1.24. The fraction of sp³-hybridized carbons (Fsp3) is 0.667. The second-order valence-corrected chi connectivity index (χ2v) is 4.10. The summed E-state index contributed by atoms with van der Waals surface area (Å²) in [5, 5.41) is 2.05. The minimum Gasteiger partial charge on any atom is -0.271 e. The second kappa shape index (κ2) is 5.32. The van der Waals surface area contributed by atoms with Gasteiger partial charge in [0.15, 0.2) is 0 Å². The van der Waals surface area contributed by atoms with Gasteiger partial charge in [0.05, 0.1) is 17.2 Å². The van der Waals surface area contributed by atoms with Crippen LogP contribution in [0.3, 0.4) is 0 Å². The van der Waals surface area contributed by atoms with E-state index in [0.717, 1.165) is 12.1 Å². The van der Waals surface area contributed by atoms with E-state index in [2.05, 4.69) is 24.3 Å². The smallest absolute Gasteiger partial charge is 0.0795 e. The third kappa shape index (κ3) is 3.06. The molecular weight excluding hydrogens is 182 g/mol. The third-order valence-electron chi connectivity index (χ3n) is 2.34. The molecule has 1 aromatic heterocycles. The van der Waals surface area contributed by atoms with Gasteiger partial charge in [0, 0.05) is 5.38 Å². The Morgan fingerprint density at radius 1 is 1.69 bits per heavy atom. The van der Waals surface area contributed by atoms with Crippen molar-refractivity contribution in [3.8, 4) is 0 Å². The topological polar surface area (TPSA) is 50.9 Å². The van der Waals surface area contributed by atoms with Gasteiger partial charge in [-0.05, 0) is 12.3 Å². The summed E-state index contributed by atoms with van der Waals surface area (Å²) in [5.74, 6) is 6.16. The number of nitrogens with zero attached hydrogens (tertiary/aromatic N) is 1. The van der Waals surface area contributed by atoms with Gasteiger partial charge in [-0.3, -0.25) is 11.3 Å². The van der Waals surface area contributed by atoms with E-state index in [4.69, 9.17) is 5.84 Å². The van der Waals surface area contributed by atoms with Crippen molar-refractivity contribution in [1.29, 1.82) is 0 Å². The van der Waals surface area contributed by atoms with Crippen molar-refractivity contribution < 1.29 is 0 Å². The molecule has 3 nitrogen and oxygen atoms in total. The Bertz CT molecular complexity index is 223. The van der Waals surface area contributed by atoms with Crippen LogP contribution in [0.25, 0.3) is 0 Å². The molecule has 74 valence electrons. The first-order chi connectivity index (χ1) is 6.27. The zero-order chi connectivity index (χ0) is 9.68. The van der Waals surface area contributed by atoms with Crippen LogP contribution in [0.2, 0.25) is 0 Å². The molecule has 0 spiro atoms. The van der Waals surface area contributed by atoms with Crippen LogP contribution in [0.4, 0.5) is 0 Å². The van der Waals surface area contributed by atoms with Gasteiger partial charge in [-0.1, -0.05) is 20.3 Å². The van der Waals surface area contributed by atoms with E-state index in [9.17, 15) is 0 Å². The van der Waals surface area contributed by atoms with Crippen LogP contribution < -0.4 is 11.3 Å². The largest absolute Gasteiger partial charge is 0.271 e. The minimum atomic E-state index is 0.209. The summed E-state index contributed by atoms with van der Waals surface area (Å²) in [5.41, 5.74) is 5.72. The van der Waals surface area contributed by atoms with Crippen molar-refractivity contribution in [1.82, 2.24) is 10.4 Å². The predicted octanol–water partition coefficient (Wildman–Crippen LogP) is 2.08. The van der Waals surface area contributed by atoms with E-state index in [1.807, 2.05) is 10.9 Å². The Balaban J connectivity index is 2.53. The lowest BCUT2D eigenvalue weighted by atomic mass is 9.98. The van der Waals surface area contributed by atoms with Gasteiger partial charge in [0.2, 0.25) is 0 Å². The Hall–Kier alpha value is -0.450. The number of nitrogens with two attached hydrogens (primary N) is 1. The molecule has 1 rings (SSSR count). The van der Waals surface area contributed by atoms with E-state index in [1.54, 1.807) is 11.3 Å². The first-order valence-electron chi connectivity index (χ1n) is 4.62. The molecule has 2 unspecified atom stereocenters. The van der Waals surface area contributed by atoms with Gasteiger partial charge < -0.3 is 0 Å². The Morgan fingerprint density at radius 3 is 2.92 bits per heavy atom. The van der Waals surface area contributed by atoms with Crippen LogP contribution in [0, 0.1) is 5.92 Å². The fourth-order valence-corrected chi connectivity index (χ4v) is 1.85. The average molecular weight is 199 g/mol. The first-order valence-corrected chi connectivity index (χ1v) is 5.56. The molecule has 0 aliphatic rings. The van der Waals surface area contributed by atoms with Crippen molar-refractivity contribution in [2.75, 3.05) is 0 Å². The highest BCUT2D eigenvalue weighted by Crippen LogP contribution is 2.21. The van der Waals surface area contributed by atoms with E-state index < -0.39 is 0 Å². The summed E-state index contributed by atoms with van der Waals surface area (Å²) in [6.45, 7) is 4.43. The van der Waals surface area contributed by atoms with Gasteiger partial charge in [-0.2, -0.15) is 0 Å². The minimum absolute atomic E-state index is 0.209. The van der Waals surface area contributed by atoms with E-state index in [-0.39, 0.29) is 6.04 Å².